The average molecular weight is 234 g/mol. The summed E-state index contributed by atoms with van der Waals surface area (Å²) in [6, 6.07) is 0.0728. The summed E-state index contributed by atoms with van der Waals surface area (Å²) < 4.78 is 41.0. The van der Waals surface area contributed by atoms with E-state index in [-0.39, 0.29) is 11.3 Å². The van der Waals surface area contributed by atoms with Crippen molar-refractivity contribution in [3.63, 3.8) is 0 Å². The maximum atomic E-state index is 12.2. The number of methoxy groups -OCH3 is 1. The second kappa shape index (κ2) is 4.48. The molecule has 1 unspecified atom stereocenters. The molecule has 0 spiro atoms. The first-order chi connectivity index (χ1) is 7.36. The van der Waals surface area contributed by atoms with E-state index in [1.54, 1.807) is 0 Å². The van der Waals surface area contributed by atoms with Crippen LogP contribution >= 0.6 is 0 Å². The standard InChI is InChI=1S/C9H9F3N2O2/c1-16-8(15)5-2-3-6(14-4-5)7(13)9(10,11)12/h2-4,7H,13H2,1H3. The van der Waals surface area contributed by atoms with Crippen molar-refractivity contribution in [1.82, 2.24) is 4.98 Å². The number of nitrogens with zero attached hydrogens (tertiary/aromatic N) is 1. The van der Waals surface area contributed by atoms with Crippen LogP contribution in [-0.2, 0) is 4.74 Å². The van der Waals surface area contributed by atoms with Crippen molar-refractivity contribution < 1.29 is 22.7 Å². The second-order valence-corrected chi connectivity index (χ2v) is 2.98. The predicted molar refractivity (Wildman–Crippen MR) is 48.6 cm³/mol. The molecule has 0 aliphatic heterocycles. The van der Waals surface area contributed by atoms with Gasteiger partial charge in [-0.3, -0.25) is 4.98 Å². The van der Waals surface area contributed by atoms with Crippen LogP contribution in [0.15, 0.2) is 18.3 Å². The van der Waals surface area contributed by atoms with Crippen LogP contribution in [0.3, 0.4) is 0 Å². The van der Waals surface area contributed by atoms with Gasteiger partial charge in [0.1, 0.15) is 6.04 Å². The number of rotatable bonds is 2. The molecule has 0 bridgehead atoms. The average Bonchev–Trinajstić information content (AvgIpc) is 2.26. The number of esters is 1. The van der Waals surface area contributed by atoms with Gasteiger partial charge >= 0.3 is 12.1 Å². The molecular formula is C9H9F3N2O2. The molecule has 0 fully saturated rings. The van der Waals surface area contributed by atoms with Crippen molar-refractivity contribution in [2.45, 2.75) is 12.2 Å². The highest BCUT2D eigenvalue weighted by Gasteiger charge is 2.38. The topological polar surface area (TPSA) is 65.2 Å². The van der Waals surface area contributed by atoms with Gasteiger partial charge in [0.25, 0.3) is 0 Å². The van der Waals surface area contributed by atoms with E-state index >= 15 is 0 Å². The molecule has 1 heterocycles. The number of hydrogen-bond acceptors (Lipinski definition) is 4. The zero-order valence-corrected chi connectivity index (χ0v) is 8.28. The molecule has 0 saturated carbocycles. The molecule has 0 aromatic carbocycles. The molecule has 1 aromatic rings. The first-order valence-corrected chi connectivity index (χ1v) is 4.23. The normalized spacial score (nSPS) is 13.3. The summed E-state index contributed by atoms with van der Waals surface area (Å²) in [6.07, 6.45) is -3.56. The van der Waals surface area contributed by atoms with E-state index < -0.39 is 18.2 Å². The van der Waals surface area contributed by atoms with Gasteiger partial charge in [0.05, 0.1) is 18.4 Å². The number of pyridine rings is 1. The lowest BCUT2D eigenvalue weighted by Gasteiger charge is -2.14. The number of hydrogen-bond donors (Lipinski definition) is 1. The number of carbonyl (C=O) groups is 1. The molecule has 0 amide bonds. The molecular weight excluding hydrogens is 225 g/mol. The fourth-order valence-electron chi connectivity index (χ4n) is 0.996. The van der Waals surface area contributed by atoms with Crippen LogP contribution in [0.25, 0.3) is 0 Å². The molecule has 88 valence electrons. The fraction of sp³-hybridized carbons (Fsp3) is 0.333. The van der Waals surface area contributed by atoms with E-state index in [1.165, 1.54) is 6.07 Å². The van der Waals surface area contributed by atoms with E-state index in [1.807, 2.05) is 0 Å². The summed E-state index contributed by atoms with van der Waals surface area (Å²) in [7, 11) is 1.16. The summed E-state index contributed by atoms with van der Waals surface area (Å²) >= 11 is 0. The number of halogens is 3. The molecule has 2 N–H and O–H groups in total. The monoisotopic (exact) mass is 234 g/mol. The van der Waals surface area contributed by atoms with Crippen LogP contribution in [0, 0.1) is 0 Å². The number of ether oxygens (including phenoxy) is 1. The van der Waals surface area contributed by atoms with Gasteiger partial charge < -0.3 is 10.5 Å². The summed E-state index contributed by atoms with van der Waals surface area (Å²) in [5, 5.41) is 0. The third-order valence-corrected chi connectivity index (χ3v) is 1.88. The van der Waals surface area contributed by atoms with Gasteiger partial charge in [-0.25, -0.2) is 4.79 Å². The van der Waals surface area contributed by atoms with Crippen molar-refractivity contribution in [3.05, 3.63) is 29.6 Å². The maximum absolute atomic E-state index is 12.2. The third-order valence-electron chi connectivity index (χ3n) is 1.88. The lowest BCUT2D eigenvalue weighted by atomic mass is 10.1. The molecule has 4 nitrogen and oxygen atoms in total. The van der Waals surface area contributed by atoms with Crippen molar-refractivity contribution >= 4 is 5.97 Å². The third kappa shape index (κ3) is 2.69. The fourth-order valence-corrected chi connectivity index (χ4v) is 0.996. The van der Waals surface area contributed by atoms with Crippen LogP contribution in [-0.4, -0.2) is 24.2 Å². The summed E-state index contributed by atoms with van der Waals surface area (Å²) in [6.45, 7) is 0. The Hall–Kier alpha value is -1.63. The molecule has 1 aromatic heterocycles. The number of carbonyl (C=O) groups excluding carboxylic acids is 1. The molecule has 1 rings (SSSR count). The van der Waals surface area contributed by atoms with Crippen molar-refractivity contribution in [1.29, 1.82) is 0 Å². The highest BCUT2D eigenvalue weighted by molar-refractivity contribution is 5.88. The molecule has 0 aliphatic rings. The summed E-state index contributed by atoms with van der Waals surface area (Å²) in [5.41, 5.74) is 4.65. The number of nitrogens with two attached hydrogens (primary N) is 1. The molecule has 0 saturated heterocycles. The lowest BCUT2D eigenvalue weighted by molar-refractivity contribution is -0.150. The zero-order chi connectivity index (χ0) is 12.3. The van der Waals surface area contributed by atoms with Gasteiger partial charge in [-0.2, -0.15) is 13.2 Å². The Morgan fingerprint density at radius 2 is 2.12 bits per heavy atom. The zero-order valence-electron chi connectivity index (χ0n) is 8.28. The highest BCUT2D eigenvalue weighted by atomic mass is 19.4. The first kappa shape index (κ1) is 12.4. The maximum Gasteiger partial charge on any atom is 0.409 e. The van der Waals surface area contributed by atoms with Gasteiger partial charge in [-0.05, 0) is 12.1 Å². The van der Waals surface area contributed by atoms with Crippen LogP contribution in [0.2, 0.25) is 0 Å². The summed E-state index contributed by atoms with van der Waals surface area (Å²) in [4.78, 5) is 14.4. The van der Waals surface area contributed by atoms with Crippen LogP contribution in [0.4, 0.5) is 13.2 Å². The first-order valence-electron chi connectivity index (χ1n) is 4.23. The Morgan fingerprint density at radius 3 is 2.50 bits per heavy atom. The molecule has 0 aliphatic carbocycles. The van der Waals surface area contributed by atoms with Gasteiger partial charge in [0, 0.05) is 6.20 Å². The Balaban J connectivity index is 2.91. The minimum absolute atomic E-state index is 0.0700. The minimum atomic E-state index is -4.56. The van der Waals surface area contributed by atoms with Gasteiger partial charge in [0.15, 0.2) is 0 Å². The van der Waals surface area contributed by atoms with Crippen molar-refractivity contribution in [2.75, 3.05) is 7.11 Å². The quantitative estimate of drug-likeness (QED) is 0.786. The van der Waals surface area contributed by atoms with E-state index in [2.05, 4.69) is 9.72 Å². The number of alkyl halides is 3. The van der Waals surface area contributed by atoms with E-state index in [0.717, 1.165) is 19.4 Å². The Morgan fingerprint density at radius 1 is 1.50 bits per heavy atom. The molecule has 1 atom stereocenters. The molecule has 7 heteroatoms. The van der Waals surface area contributed by atoms with Gasteiger partial charge in [0.2, 0.25) is 0 Å². The Kier molecular flexibility index (Phi) is 3.48. The number of aromatic nitrogens is 1. The second-order valence-electron chi connectivity index (χ2n) is 2.98. The lowest BCUT2D eigenvalue weighted by Crippen LogP contribution is -2.29. The van der Waals surface area contributed by atoms with E-state index in [0.29, 0.717) is 0 Å². The molecule has 16 heavy (non-hydrogen) atoms. The highest BCUT2D eigenvalue weighted by Crippen LogP contribution is 2.29. The van der Waals surface area contributed by atoms with E-state index in [4.69, 9.17) is 5.73 Å². The summed E-state index contributed by atoms with van der Waals surface area (Å²) in [5.74, 6) is -0.667. The predicted octanol–water partition coefficient (Wildman–Crippen LogP) is 1.43. The SMILES string of the molecule is COC(=O)c1ccc(C(N)C(F)(F)F)nc1. The van der Waals surface area contributed by atoms with Crippen molar-refractivity contribution in [2.24, 2.45) is 5.73 Å². The smallest absolute Gasteiger partial charge is 0.409 e. The van der Waals surface area contributed by atoms with Crippen LogP contribution < -0.4 is 5.73 Å². The van der Waals surface area contributed by atoms with E-state index in [9.17, 15) is 18.0 Å². The molecule has 0 radical (unpaired) electrons. The Bertz CT molecular complexity index is 375. The van der Waals surface area contributed by atoms with Gasteiger partial charge in [-0.1, -0.05) is 0 Å². The minimum Gasteiger partial charge on any atom is -0.465 e. The van der Waals surface area contributed by atoms with Crippen LogP contribution in [0.5, 0.6) is 0 Å². The Labute approximate surface area is 89.2 Å². The van der Waals surface area contributed by atoms with Crippen molar-refractivity contribution in [3.8, 4) is 0 Å². The largest absolute Gasteiger partial charge is 0.465 e. The van der Waals surface area contributed by atoms with Crippen LogP contribution in [0.1, 0.15) is 22.1 Å². The van der Waals surface area contributed by atoms with Gasteiger partial charge in [-0.15, -0.1) is 0 Å².